The lowest BCUT2D eigenvalue weighted by Gasteiger charge is -2.47. The van der Waals surface area contributed by atoms with Crippen molar-refractivity contribution < 1.29 is 20.6 Å². The summed E-state index contributed by atoms with van der Waals surface area (Å²) in [5, 5.41) is 1.94. The highest BCUT2D eigenvalue weighted by molar-refractivity contribution is 7.00. The number of hydrogen-bond donors (Lipinski definition) is 0. The van der Waals surface area contributed by atoms with Crippen LogP contribution in [0.1, 0.15) is 0 Å². The highest BCUT2D eigenvalue weighted by atomic mass is 28.5. The zero-order valence-electron chi connectivity index (χ0n) is 23.8. The van der Waals surface area contributed by atoms with Gasteiger partial charge in [-0.05, 0) is 78.6 Å². The Morgan fingerprint density at radius 1 is 0.343 bits per heavy atom. The average molecular weight is 583 g/mol. The summed E-state index contributed by atoms with van der Waals surface area (Å²) in [7, 11) is -15.5. The van der Waals surface area contributed by atoms with Gasteiger partial charge in [-0.15, -0.1) is 0 Å². The molecule has 0 amide bonds. The van der Waals surface area contributed by atoms with E-state index in [0.717, 1.165) is 10.4 Å². The monoisotopic (exact) mass is 582 g/mol. The molecule has 0 spiro atoms. The summed E-state index contributed by atoms with van der Waals surface area (Å²) in [4.78, 5) is 0. The Labute approximate surface area is 220 Å². The Hall–Kier alpha value is -0.459. The third-order valence-corrected chi connectivity index (χ3v) is 22.6. The van der Waals surface area contributed by atoms with Crippen molar-refractivity contribution >= 4 is 61.3 Å². The van der Waals surface area contributed by atoms with Crippen LogP contribution in [-0.2, 0) is 20.6 Å². The Bertz CT molecular complexity index is 822. The number of hydrogen-bond acceptors (Lipinski definition) is 5. The lowest BCUT2D eigenvalue weighted by Crippen LogP contribution is -2.75. The van der Waals surface area contributed by atoms with Crippen LogP contribution in [0.2, 0.25) is 78.6 Å². The van der Waals surface area contributed by atoms with Gasteiger partial charge in [-0.3, -0.25) is 0 Å². The second-order valence-corrected chi connectivity index (χ2v) is 37.2. The second kappa shape index (κ2) is 11.1. The molecule has 0 unspecified atom stereocenters. The Kier molecular flexibility index (Phi) is 9.77. The molecule has 35 heavy (non-hydrogen) atoms. The molecule has 196 valence electrons. The smallest absolute Gasteiger partial charge is 0.413 e. The van der Waals surface area contributed by atoms with E-state index in [-0.39, 0.29) is 0 Å². The van der Waals surface area contributed by atoms with Gasteiger partial charge in [0.25, 0.3) is 0 Å². The van der Waals surface area contributed by atoms with E-state index in [1.807, 2.05) is 36.4 Å². The molecule has 0 saturated heterocycles. The van der Waals surface area contributed by atoms with E-state index >= 15 is 0 Å². The molecular weight excluding hydrogens is 537 g/mol. The van der Waals surface area contributed by atoms with Gasteiger partial charge in [0, 0.05) is 10.4 Å². The first-order valence-corrected chi connectivity index (χ1v) is 29.4. The summed E-state index contributed by atoms with van der Waals surface area (Å²) in [5.41, 5.74) is 0. The fraction of sp³-hybridized carbons (Fsp3) is 0.500. The molecule has 0 aromatic heterocycles. The van der Waals surface area contributed by atoms with E-state index in [0.29, 0.717) is 0 Å². The predicted octanol–water partition coefficient (Wildman–Crippen LogP) is 6.10. The summed E-state index contributed by atoms with van der Waals surface area (Å²) in [6.45, 7) is 26.3. The summed E-state index contributed by atoms with van der Waals surface area (Å²) in [6, 6.07) is 20.5. The first-order valence-electron chi connectivity index (χ1n) is 12.4. The van der Waals surface area contributed by atoms with E-state index in [1.165, 1.54) is 0 Å². The topological polar surface area (TPSA) is 46.2 Å². The highest BCUT2D eigenvalue weighted by Crippen LogP contribution is 2.30. The molecule has 0 bridgehead atoms. The number of benzene rings is 2. The minimum absolute atomic E-state index is 0.969. The van der Waals surface area contributed by atoms with Crippen molar-refractivity contribution in [2.45, 2.75) is 78.6 Å². The molecule has 0 heterocycles. The first kappa shape index (κ1) is 30.8. The van der Waals surface area contributed by atoms with Crippen LogP contribution in [0.5, 0.6) is 0 Å². The largest absolute Gasteiger partial charge is 0.509 e. The van der Waals surface area contributed by atoms with Gasteiger partial charge >= 0.3 is 17.6 Å². The molecule has 11 heteroatoms. The Morgan fingerprint density at radius 2 is 0.571 bits per heavy atom. The maximum Gasteiger partial charge on any atom is 0.509 e. The zero-order chi connectivity index (χ0) is 26.8. The maximum atomic E-state index is 7.43. The van der Waals surface area contributed by atoms with E-state index < -0.39 is 50.9 Å². The molecule has 0 aliphatic rings. The molecule has 0 atom stereocenters. The molecule has 0 aliphatic heterocycles. The second-order valence-electron chi connectivity index (χ2n) is 12.8. The average Bonchev–Trinajstić information content (AvgIpc) is 2.64. The Balaban J connectivity index is 2.90. The molecule has 2 aromatic carbocycles. The fourth-order valence-corrected chi connectivity index (χ4v) is 25.1. The van der Waals surface area contributed by atoms with Crippen molar-refractivity contribution in [3.63, 3.8) is 0 Å². The standard InChI is InChI=1S/C24H46O5Si6/c1-30(2,3)25-34(26-31(4,5)6,23-19-15-13-16-20-23)29-35(27-32(7,8)9,28-33(10,11)12)24-21-17-14-18-22-24/h13-22H,1-12H3. The van der Waals surface area contributed by atoms with Crippen LogP contribution in [0.4, 0.5) is 0 Å². The molecule has 0 fully saturated rings. The zero-order valence-corrected chi connectivity index (χ0v) is 29.8. The van der Waals surface area contributed by atoms with Gasteiger partial charge in [0.1, 0.15) is 0 Å². The van der Waals surface area contributed by atoms with E-state index in [4.69, 9.17) is 20.6 Å². The molecule has 0 N–H and O–H groups in total. The summed E-state index contributed by atoms with van der Waals surface area (Å²) >= 11 is 0. The van der Waals surface area contributed by atoms with Gasteiger partial charge in [0.05, 0.1) is 0 Å². The summed E-state index contributed by atoms with van der Waals surface area (Å²) < 4.78 is 35.7. The summed E-state index contributed by atoms with van der Waals surface area (Å²) in [5.74, 6) is 0. The van der Waals surface area contributed by atoms with Gasteiger partial charge in [0.15, 0.2) is 33.3 Å². The highest BCUT2D eigenvalue weighted by Gasteiger charge is 2.60. The lowest BCUT2D eigenvalue weighted by molar-refractivity contribution is 0.197. The van der Waals surface area contributed by atoms with Crippen LogP contribution >= 0.6 is 0 Å². The van der Waals surface area contributed by atoms with Crippen LogP contribution in [0.3, 0.4) is 0 Å². The molecule has 0 aliphatic carbocycles. The van der Waals surface area contributed by atoms with Gasteiger partial charge < -0.3 is 20.6 Å². The van der Waals surface area contributed by atoms with Crippen molar-refractivity contribution in [2.24, 2.45) is 0 Å². The van der Waals surface area contributed by atoms with Crippen molar-refractivity contribution in [3.8, 4) is 0 Å². The third kappa shape index (κ3) is 10.1. The SMILES string of the molecule is C[Si](C)(C)O[Si](O[Si](C)(C)C)(O[Si](O[Si](C)(C)C)(O[Si](C)(C)C)c1ccccc1)c1ccccc1. The molecular formula is C24H46O5Si6. The normalized spacial score (nSPS) is 14.3. The van der Waals surface area contributed by atoms with E-state index in [9.17, 15) is 0 Å². The van der Waals surface area contributed by atoms with Crippen molar-refractivity contribution in [2.75, 3.05) is 0 Å². The van der Waals surface area contributed by atoms with E-state index in [1.54, 1.807) is 0 Å². The fourth-order valence-electron chi connectivity index (χ4n) is 3.55. The quantitative estimate of drug-likeness (QED) is 0.283. The van der Waals surface area contributed by atoms with Crippen LogP contribution in [0.25, 0.3) is 0 Å². The molecule has 2 rings (SSSR count). The predicted molar refractivity (Wildman–Crippen MR) is 162 cm³/mol. The molecule has 2 aromatic rings. The minimum Gasteiger partial charge on any atom is -0.413 e. The van der Waals surface area contributed by atoms with Gasteiger partial charge in [-0.2, -0.15) is 0 Å². The van der Waals surface area contributed by atoms with Crippen LogP contribution < -0.4 is 10.4 Å². The maximum absolute atomic E-state index is 7.43. The Morgan fingerprint density at radius 3 is 0.771 bits per heavy atom. The molecule has 0 saturated carbocycles. The number of rotatable bonds is 12. The third-order valence-electron chi connectivity index (χ3n) is 4.29. The van der Waals surface area contributed by atoms with Crippen LogP contribution in [-0.4, -0.2) is 50.9 Å². The molecule has 5 nitrogen and oxygen atoms in total. The molecule has 0 radical (unpaired) electrons. The van der Waals surface area contributed by atoms with Crippen molar-refractivity contribution in [1.82, 2.24) is 0 Å². The lowest BCUT2D eigenvalue weighted by atomic mass is 10.4. The van der Waals surface area contributed by atoms with Crippen LogP contribution in [0.15, 0.2) is 60.7 Å². The van der Waals surface area contributed by atoms with Gasteiger partial charge in [-0.1, -0.05) is 60.7 Å². The van der Waals surface area contributed by atoms with E-state index in [2.05, 4.69) is 103 Å². The van der Waals surface area contributed by atoms with Crippen LogP contribution in [0, 0.1) is 0 Å². The van der Waals surface area contributed by atoms with Gasteiger partial charge in [-0.25, -0.2) is 0 Å². The van der Waals surface area contributed by atoms with Crippen molar-refractivity contribution in [1.29, 1.82) is 0 Å². The minimum atomic E-state index is -3.48. The summed E-state index contributed by atoms with van der Waals surface area (Å²) in [6.07, 6.45) is 0. The first-order chi connectivity index (χ1) is 15.7. The van der Waals surface area contributed by atoms with Crippen molar-refractivity contribution in [3.05, 3.63) is 60.7 Å². The van der Waals surface area contributed by atoms with Gasteiger partial charge in [0.2, 0.25) is 0 Å².